The van der Waals surface area contributed by atoms with Gasteiger partial charge in [-0.25, -0.2) is 0 Å². The molecule has 0 bridgehead atoms. The van der Waals surface area contributed by atoms with Crippen molar-refractivity contribution in [3.63, 3.8) is 0 Å². The van der Waals surface area contributed by atoms with Crippen LogP contribution in [0.4, 0.5) is 0 Å². The fraction of sp³-hybridized carbons (Fsp3) is 0.533. The molecule has 104 valence electrons. The molecule has 0 spiro atoms. The van der Waals surface area contributed by atoms with Gasteiger partial charge in [0.15, 0.2) is 0 Å². The van der Waals surface area contributed by atoms with E-state index in [1.165, 1.54) is 0 Å². The summed E-state index contributed by atoms with van der Waals surface area (Å²) in [7, 11) is 3.73. The summed E-state index contributed by atoms with van der Waals surface area (Å²) in [6.45, 7) is 3.00. The summed E-state index contributed by atoms with van der Waals surface area (Å²) in [6, 6.07) is 7.33. The highest BCUT2D eigenvalue weighted by Gasteiger charge is 2.18. The molecule has 0 atom stereocenters. The SMILES string of the molecule is COc1ccccc1C(=O)NCC1CCN(C)CC1. The van der Waals surface area contributed by atoms with Gasteiger partial charge in [-0.15, -0.1) is 0 Å². The maximum atomic E-state index is 12.1. The maximum absolute atomic E-state index is 12.1. The number of likely N-dealkylation sites (tertiary alicyclic amines) is 1. The predicted octanol–water partition coefficient (Wildman–Crippen LogP) is 1.77. The third-order valence-corrected chi connectivity index (χ3v) is 3.74. The largest absolute Gasteiger partial charge is 0.496 e. The Kier molecular flexibility index (Phi) is 4.80. The van der Waals surface area contributed by atoms with Gasteiger partial charge in [0.2, 0.25) is 0 Å². The zero-order valence-corrected chi connectivity index (χ0v) is 11.7. The number of ether oxygens (including phenoxy) is 1. The molecule has 2 rings (SSSR count). The van der Waals surface area contributed by atoms with Gasteiger partial charge in [0.25, 0.3) is 5.91 Å². The summed E-state index contributed by atoms with van der Waals surface area (Å²) in [5, 5.41) is 3.02. The van der Waals surface area contributed by atoms with Crippen LogP contribution in [0.15, 0.2) is 24.3 Å². The molecule has 1 amide bonds. The standard InChI is InChI=1S/C15H22N2O2/c1-17-9-7-12(8-10-17)11-16-15(18)13-5-3-4-6-14(13)19-2/h3-6,12H,7-11H2,1-2H3,(H,16,18). The minimum atomic E-state index is -0.0450. The first-order valence-corrected chi connectivity index (χ1v) is 6.80. The van der Waals surface area contributed by atoms with E-state index in [1.807, 2.05) is 18.2 Å². The number of hydrogen-bond acceptors (Lipinski definition) is 3. The molecule has 0 unspecified atom stereocenters. The van der Waals surface area contributed by atoms with Crippen molar-refractivity contribution in [2.45, 2.75) is 12.8 Å². The highest BCUT2D eigenvalue weighted by atomic mass is 16.5. The second-order valence-corrected chi connectivity index (χ2v) is 5.16. The highest BCUT2D eigenvalue weighted by Crippen LogP contribution is 2.18. The molecule has 0 aromatic heterocycles. The molecule has 1 aliphatic heterocycles. The lowest BCUT2D eigenvalue weighted by Crippen LogP contribution is -2.36. The van der Waals surface area contributed by atoms with E-state index in [9.17, 15) is 4.79 Å². The normalized spacial score (nSPS) is 17.2. The van der Waals surface area contributed by atoms with Gasteiger partial charge in [-0.1, -0.05) is 12.1 Å². The van der Waals surface area contributed by atoms with Crippen molar-refractivity contribution in [3.05, 3.63) is 29.8 Å². The molecule has 1 heterocycles. The van der Waals surface area contributed by atoms with E-state index in [0.29, 0.717) is 17.2 Å². The van der Waals surface area contributed by atoms with Crippen molar-refractivity contribution < 1.29 is 9.53 Å². The molecule has 0 radical (unpaired) electrons. The van der Waals surface area contributed by atoms with E-state index in [-0.39, 0.29) is 5.91 Å². The Labute approximate surface area is 114 Å². The number of nitrogens with zero attached hydrogens (tertiary/aromatic N) is 1. The lowest BCUT2D eigenvalue weighted by Gasteiger charge is -2.28. The Morgan fingerprint density at radius 3 is 2.74 bits per heavy atom. The van der Waals surface area contributed by atoms with Crippen LogP contribution in [-0.4, -0.2) is 44.6 Å². The van der Waals surface area contributed by atoms with Crippen LogP contribution < -0.4 is 10.1 Å². The van der Waals surface area contributed by atoms with Gasteiger partial charge in [-0.2, -0.15) is 0 Å². The van der Waals surface area contributed by atoms with Crippen molar-refractivity contribution in [1.29, 1.82) is 0 Å². The minimum Gasteiger partial charge on any atom is -0.496 e. The van der Waals surface area contributed by atoms with Crippen molar-refractivity contribution in [2.75, 3.05) is 33.8 Å². The number of nitrogens with one attached hydrogen (secondary N) is 1. The van der Waals surface area contributed by atoms with Crippen molar-refractivity contribution in [1.82, 2.24) is 10.2 Å². The van der Waals surface area contributed by atoms with Gasteiger partial charge in [0.1, 0.15) is 5.75 Å². The second kappa shape index (κ2) is 6.57. The highest BCUT2D eigenvalue weighted by molar-refractivity contribution is 5.96. The summed E-state index contributed by atoms with van der Waals surface area (Å²) >= 11 is 0. The van der Waals surface area contributed by atoms with E-state index in [1.54, 1.807) is 13.2 Å². The minimum absolute atomic E-state index is 0.0450. The summed E-state index contributed by atoms with van der Waals surface area (Å²) in [4.78, 5) is 14.5. The Balaban J connectivity index is 1.87. The summed E-state index contributed by atoms with van der Waals surface area (Å²) in [5.41, 5.74) is 0.609. The molecule has 1 aromatic carbocycles. The Bertz CT molecular complexity index is 426. The first-order chi connectivity index (χ1) is 9.20. The number of amides is 1. The lowest BCUT2D eigenvalue weighted by molar-refractivity contribution is 0.0936. The number of hydrogen-bond donors (Lipinski definition) is 1. The average molecular weight is 262 g/mol. The Hall–Kier alpha value is -1.55. The van der Waals surface area contributed by atoms with Crippen molar-refractivity contribution in [2.24, 2.45) is 5.92 Å². The third-order valence-electron chi connectivity index (χ3n) is 3.74. The van der Waals surface area contributed by atoms with Crippen LogP contribution in [0.3, 0.4) is 0 Å². The number of carbonyl (C=O) groups is 1. The number of benzene rings is 1. The van der Waals surface area contributed by atoms with Crippen LogP contribution >= 0.6 is 0 Å². The Morgan fingerprint density at radius 2 is 2.05 bits per heavy atom. The number of rotatable bonds is 4. The summed E-state index contributed by atoms with van der Waals surface area (Å²) in [5.74, 6) is 1.18. The van der Waals surface area contributed by atoms with Gasteiger partial charge in [-0.05, 0) is 51.0 Å². The number of carbonyl (C=O) groups excluding carboxylic acids is 1. The van der Waals surface area contributed by atoms with Crippen molar-refractivity contribution >= 4 is 5.91 Å². The van der Waals surface area contributed by atoms with Crippen LogP contribution in [0.2, 0.25) is 0 Å². The first kappa shape index (κ1) is 13.9. The number of piperidine rings is 1. The molecule has 4 heteroatoms. The maximum Gasteiger partial charge on any atom is 0.255 e. The first-order valence-electron chi connectivity index (χ1n) is 6.80. The lowest BCUT2D eigenvalue weighted by atomic mass is 9.97. The monoisotopic (exact) mass is 262 g/mol. The second-order valence-electron chi connectivity index (χ2n) is 5.16. The molecule has 1 fully saturated rings. The fourth-order valence-corrected chi connectivity index (χ4v) is 2.43. The fourth-order valence-electron chi connectivity index (χ4n) is 2.43. The topological polar surface area (TPSA) is 41.6 Å². The van der Waals surface area contributed by atoms with Gasteiger partial charge >= 0.3 is 0 Å². The van der Waals surface area contributed by atoms with Crippen LogP contribution in [0.1, 0.15) is 23.2 Å². The molecular formula is C15H22N2O2. The van der Waals surface area contributed by atoms with Crippen LogP contribution in [0, 0.1) is 5.92 Å². The smallest absolute Gasteiger partial charge is 0.255 e. The zero-order chi connectivity index (χ0) is 13.7. The summed E-state index contributed by atoms with van der Waals surface area (Å²) < 4.78 is 5.20. The molecule has 4 nitrogen and oxygen atoms in total. The van der Waals surface area contributed by atoms with Gasteiger partial charge < -0.3 is 15.0 Å². The van der Waals surface area contributed by atoms with E-state index >= 15 is 0 Å². The molecule has 19 heavy (non-hydrogen) atoms. The van der Waals surface area contributed by atoms with Crippen LogP contribution in [-0.2, 0) is 0 Å². The molecule has 1 aliphatic rings. The van der Waals surface area contributed by atoms with Gasteiger partial charge in [0, 0.05) is 6.54 Å². The van der Waals surface area contributed by atoms with Gasteiger partial charge in [-0.3, -0.25) is 4.79 Å². The van der Waals surface area contributed by atoms with Crippen LogP contribution in [0.25, 0.3) is 0 Å². The molecule has 0 aliphatic carbocycles. The van der Waals surface area contributed by atoms with Gasteiger partial charge in [0.05, 0.1) is 12.7 Å². The number of methoxy groups -OCH3 is 1. The average Bonchev–Trinajstić information content (AvgIpc) is 2.46. The molecule has 1 aromatic rings. The van der Waals surface area contributed by atoms with Crippen LogP contribution in [0.5, 0.6) is 5.75 Å². The third kappa shape index (κ3) is 3.70. The van der Waals surface area contributed by atoms with E-state index in [0.717, 1.165) is 32.5 Å². The van der Waals surface area contributed by atoms with E-state index < -0.39 is 0 Å². The zero-order valence-electron chi connectivity index (χ0n) is 11.7. The predicted molar refractivity (Wildman–Crippen MR) is 75.5 cm³/mol. The van der Waals surface area contributed by atoms with E-state index in [4.69, 9.17) is 4.74 Å². The van der Waals surface area contributed by atoms with Crippen molar-refractivity contribution in [3.8, 4) is 5.75 Å². The van der Waals surface area contributed by atoms with E-state index in [2.05, 4.69) is 17.3 Å². The summed E-state index contributed by atoms with van der Waals surface area (Å²) in [6.07, 6.45) is 2.31. The molecule has 1 saturated heterocycles. The Morgan fingerprint density at radius 1 is 1.37 bits per heavy atom. The molecule has 0 saturated carbocycles. The quantitative estimate of drug-likeness (QED) is 0.899. The number of para-hydroxylation sites is 1. The molecule has 1 N–H and O–H groups in total. The molecular weight excluding hydrogens is 240 g/mol.